The van der Waals surface area contributed by atoms with Crippen molar-refractivity contribution < 1.29 is 13.3 Å². The third-order valence-electron chi connectivity index (χ3n) is 0.882. The summed E-state index contributed by atoms with van der Waals surface area (Å²) in [7, 11) is -3.00. The van der Waals surface area contributed by atoms with Gasteiger partial charge in [0.2, 0.25) is 6.20 Å². The lowest BCUT2D eigenvalue weighted by Crippen LogP contribution is -2.01. The van der Waals surface area contributed by atoms with Gasteiger partial charge in [0.05, 0.1) is 10.7 Å². The highest BCUT2D eigenvalue weighted by Crippen LogP contribution is 1.90. The van der Waals surface area contributed by atoms with E-state index in [1.807, 2.05) is 0 Å². The van der Waals surface area contributed by atoms with Gasteiger partial charge in [0.15, 0.2) is 0 Å². The van der Waals surface area contributed by atoms with Crippen molar-refractivity contribution in [2.24, 2.45) is 0 Å². The van der Waals surface area contributed by atoms with E-state index in [9.17, 15) is 18.5 Å². The molecule has 0 rings (SSSR count). The molecule has 0 saturated heterocycles. The van der Waals surface area contributed by atoms with Crippen molar-refractivity contribution >= 4 is 9.84 Å². The third kappa shape index (κ3) is 9.09. The van der Waals surface area contributed by atoms with Crippen LogP contribution >= 0.6 is 0 Å². The standard InChI is InChI=1S/C5H9NO4S/c1-11(9,10)5-3-2-4-6(7)8/h2,4H,3,5H2,1H3/b4-2+. The minimum absolute atomic E-state index is 0.0443. The quantitative estimate of drug-likeness (QED) is 0.456. The maximum Gasteiger partial charge on any atom is 0.230 e. The summed E-state index contributed by atoms with van der Waals surface area (Å²) in [5.41, 5.74) is 0. The van der Waals surface area contributed by atoms with Crippen molar-refractivity contribution in [1.29, 1.82) is 0 Å². The van der Waals surface area contributed by atoms with Crippen LogP contribution in [0.4, 0.5) is 0 Å². The van der Waals surface area contributed by atoms with Crippen LogP contribution in [0.15, 0.2) is 12.3 Å². The number of sulfone groups is 1. The van der Waals surface area contributed by atoms with Gasteiger partial charge in [-0.3, -0.25) is 10.1 Å². The summed E-state index contributed by atoms with van der Waals surface area (Å²) in [5, 5.41) is 9.69. The van der Waals surface area contributed by atoms with Crippen LogP contribution in [0.3, 0.4) is 0 Å². The molecule has 0 radical (unpaired) electrons. The number of rotatable bonds is 4. The van der Waals surface area contributed by atoms with Gasteiger partial charge in [-0.25, -0.2) is 8.42 Å². The molecule has 0 heterocycles. The van der Waals surface area contributed by atoms with E-state index in [1.54, 1.807) is 0 Å². The van der Waals surface area contributed by atoms with Crippen LogP contribution in [0.25, 0.3) is 0 Å². The van der Waals surface area contributed by atoms with Gasteiger partial charge in [-0.2, -0.15) is 0 Å². The molecule has 0 aliphatic rings. The minimum atomic E-state index is -3.00. The molecule has 0 spiro atoms. The van der Waals surface area contributed by atoms with Crippen LogP contribution in [-0.4, -0.2) is 25.3 Å². The van der Waals surface area contributed by atoms with Crippen molar-refractivity contribution in [1.82, 2.24) is 0 Å². The zero-order chi connectivity index (χ0) is 8.91. The second kappa shape index (κ2) is 4.07. The molecule has 0 unspecified atom stereocenters. The second-order valence-electron chi connectivity index (χ2n) is 2.09. The zero-order valence-electron chi connectivity index (χ0n) is 6.06. The molecule has 0 amide bonds. The second-order valence-corrected chi connectivity index (χ2v) is 4.35. The highest BCUT2D eigenvalue weighted by atomic mass is 32.2. The predicted molar refractivity (Wildman–Crippen MR) is 40.5 cm³/mol. The van der Waals surface area contributed by atoms with E-state index < -0.39 is 14.8 Å². The SMILES string of the molecule is CS(=O)(=O)CC/C=C/[N+](=O)[O-]. The first-order chi connectivity index (χ1) is 4.92. The minimum Gasteiger partial charge on any atom is -0.259 e. The first kappa shape index (κ1) is 10.1. The summed E-state index contributed by atoms with van der Waals surface area (Å²) in [5.74, 6) is -0.0443. The molecule has 6 heteroatoms. The van der Waals surface area contributed by atoms with Crippen LogP contribution in [0.1, 0.15) is 6.42 Å². The summed E-state index contributed by atoms with van der Waals surface area (Å²) in [6, 6.07) is 0. The van der Waals surface area contributed by atoms with Crippen molar-refractivity contribution in [2.45, 2.75) is 6.42 Å². The number of nitrogens with zero attached hydrogens (tertiary/aromatic N) is 1. The van der Waals surface area contributed by atoms with E-state index in [2.05, 4.69) is 0 Å². The molecule has 0 aromatic heterocycles. The van der Waals surface area contributed by atoms with Crippen molar-refractivity contribution in [3.63, 3.8) is 0 Å². The first-order valence-corrected chi connectivity index (χ1v) is 4.96. The molecule has 0 aliphatic carbocycles. The van der Waals surface area contributed by atoms with Gasteiger partial charge in [-0.05, 0) is 12.5 Å². The van der Waals surface area contributed by atoms with Gasteiger partial charge in [0.25, 0.3) is 0 Å². The lowest BCUT2D eigenvalue weighted by Gasteiger charge is -1.89. The van der Waals surface area contributed by atoms with E-state index in [4.69, 9.17) is 0 Å². The largest absolute Gasteiger partial charge is 0.259 e. The number of allylic oxidation sites excluding steroid dienone is 1. The lowest BCUT2D eigenvalue weighted by atomic mass is 10.5. The Bertz CT molecular complexity index is 254. The highest BCUT2D eigenvalue weighted by molar-refractivity contribution is 7.90. The van der Waals surface area contributed by atoms with Crippen molar-refractivity contribution in [3.05, 3.63) is 22.4 Å². The molecule has 0 saturated carbocycles. The van der Waals surface area contributed by atoms with Crippen molar-refractivity contribution in [2.75, 3.05) is 12.0 Å². The fraction of sp³-hybridized carbons (Fsp3) is 0.600. The molecule has 5 nitrogen and oxygen atoms in total. The van der Waals surface area contributed by atoms with Gasteiger partial charge in [0, 0.05) is 6.26 Å². The highest BCUT2D eigenvalue weighted by Gasteiger charge is 1.98. The van der Waals surface area contributed by atoms with Crippen LogP contribution < -0.4 is 0 Å². The van der Waals surface area contributed by atoms with Gasteiger partial charge in [0.1, 0.15) is 9.84 Å². The van der Waals surface area contributed by atoms with Gasteiger partial charge >= 0.3 is 0 Å². The Kier molecular flexibility index (Phi) is 3.73. The first-order valence-electron chi connectivity index (χ1n) is 2.90. The van der Waals surface area contributed by atoms with Crippen LogP contribution in [-0.2, 0) is 9.84 Å². The van der Waals surface area contributed by atoms with E-state index in [-0.39, 0.29) is 12.2 Å². The molecular weight excluding hydrogens is 170 g/mol. The lowest BCUT2D eigenvalue weighted by molar-refractivity contribution is -0.402. The number of nitro groups is 1. The molecule has 0 aromatic rings. The smallest absolute Gasteiger partial charge is 0.230 e. The maximum absolute atomic E-state index is 10.5. The summed E-state index contributed by atoms with van der Waals surface area (Å²) in [4.78, 5) is 9.07. The third-order valence-corrected chi connectivity index (χ3v) is 1.86. The molecule has 0 aliphatic heterocycles. The number of hydrogen-bond acceptors (Lipinski definition) is 4. The molecule has 0 bridgehead atoms. The summed E-state index contributed by atoms with van der Waals surface area (Å²) < 4.78 is 20.9. The topological polar surface area (TPSA) is 77.3 Å². The molecule has 0 fully saturated rings. The Labute approximate surface area is 64.8 Å². The predicted octanol–water partition coefficient (Wildman–Crippen LogP) is 0.212. The fourth-order valence-electron chi connectivity index (χ4n) is 0.443. The van der Waals surface area contributed by atoms with E-state index in [0.717, 1.165) is 12.5 Å². The van der Waals surface area contributed by atoms with Gasteiger partial charge in [-0.15, -0.1) is 0 Å². The molecule has 11 heavy (non-hydrogen) atoms. The molecule has 64 valence electrons. The monoisotopic (exact) mass is 179 g/mol. The van der Waals surface area contributed by atoms with E-state index in [1.165, 1.54) is 6.08 Å². The number of hydrogen-bond donors (Lipinski definition) is 0. The zero-order valence-corrected chi connectivity index (χ0v) is 6.87. The van der Waals surface area contributed by atoms with Crippen LogP contribution in [0, 0.1) is 10.1 Å². The fourth-order valence-corrected chi connectivity index (χ4v) is 1.01. The van der Waals surface area contributed by atoms with E-state index in [0.29, 0.717) is 0 Å². The van der Waals surface area contributed by atoms with Crippen molar-refractivity contribution in [3.8, 4) is 0 Å². The summed E-state index contributed by atoms with van der Waals surface area (Å²) in [6.45, 7) is 0. The Balaban J connectivity index is 3.68. The maximum atomic E-state index is 10.5. The van der Waals surface area contributed by atoms with E-state index >= 15 is 0 Å². The summed E-state index contributed by atoms with van der Waals surface area (Å²) >= 11 is 0. The molecule has 0 atom stereocenters. The van der Waals surface area contributed by atoms with Gasteiger partial charge in [-0.1, -0.05) is 0 Å². The Morgan fingerprint density at radius 2 is 2.09 bits per heavy atom. The molecule has 0 N–H and O–H groups in total. The Morgan fingerprint density at radius 3 is 2.45 bits per heavy atom. The van der Waals surface area contributed by atoms with Crippen LogP contribution in [0.2, 0.25) is 0 Å². The van der Waals surface area contributed by atoms with Gasteiger partial charge < -0.3 is 0 Å². The Morgan fingerprint density at radius 1 is 1.55 bits per heavy atom. The molecular formula is C5H9NO4S. The summed E-state index contributed by atoms with van der Waals surface area (Å²) in [6.07, 6.45) is 3.25. The Hall–Kier alpha value is -0.910. The average Bonchev–Trinajstić information content (AvgIpc) is 1.78. The van der Waals surface area contributed by atoms with Crippen LogP contribution in [0.5, 0.6) is 0 Å². The molecule has 0 aromatic carbocycles. The average molecular weight is 179 g/mol. The normalized spacial score (nSPS) is 12.1.